The molecule has 1 aromatic heterocycles. The van der Waals surface area contributed by atoms with Crippen molar-refractivity contribution in [2.45, 2.75) is 38.2 Å². The van der Waals surface area contributed by atoms with E-state index in [1.54, 1.807) is 6.07 Å². The molecule has 0 saturated carbocycles. The van der Waals surface area contributed by atoms with Gasteiger partial charge in [0.25, 0.3) is 11.5 Å². The molecule has 156 valence electrons. The lowest BCUT2D eigenvalue weighted by Gasteiger charge is -2.17. The van der Waals surface area contributed by atoms with Gasteiger partial charge < -0.3 is 15.2 Å². The number of hydrogen-bond donors (Lipinski definition) is 3. The predicted molar refractivity (Wildman–Crippen MR) is 112 cm³/mol. The van der Waals surface area contributed by atoms with Crippen molar-refractivity contribution < 1.29 is 14.6 Å². The van der Waals surface area contributed by atoms with Gasteiger partial charge in [-0.15, -0.1) is 0 Å². The average molecular weight is 409 g/mol. The van der Waals surface area contributed by atoms with Crippen molar-refractivity contribution in [3.63, 3.8) is 0 Å². The molecule has 4 rings (SSSR count). The van der Waals surface area contributed by atoms with Crippen LogP contribution in [0.1, 0.15) is 35.5 Å². The van der Waals surface area contributed by atoms with Gasteiger partial charge in [0.05, 0.1) is 6.10 Å². The van der Waals surface area contributed by atoms with E-state index in [4.69, 9.17) is 4.74 Å². The lowest BCUT2D eigenvalue weighted by Crippen LogP contribution is -2.37. The standard InChI is InChI=1S/C22H23N3O5/c1-2-13-12-25(22(29)24-21(13)28)19-10-17(26)18(30-19)11-23-20(27)16-8-7-14-5-3-4-6-15(14)9-16/h3-9,12,17-19,26H,2,10-11H2,1H3,(H,23,27)(H,24,28,29)/t17?,18-,19-/m0/s1. The van der Waals surface area contributed by atoms with Crippen LogP contribution in [0.4, 0.5) is 0 Å². The van der Waals surface area contributed by atoms with Crippen LogP contribution in [0.3, 0.4) is 0 Å². The molecular formula is C22H23N3O5. The Kier molecular flexibility index (Phi) is 5.52. The minimum absolute atomic E-state index is 0.0993. The third-order valence-corrected chi connectivity index (χ3v) is 5.41. The van der Waals surface area contributed by atoms with Crippen LogP contribution in [0.25, 0.3) is 10.8 Å². The first-order valence-corrected chi connectivity index (χ1v) is 9.91. The van der Waals surface area contributed by atoms with E-state index in [-0.39, 0.29) is 18.9 Å². The van der Waals surface area contributed by atoms with E-state index in [1.807, 2.05) is 43.3 Å². The van der Waals surface area contributed by atoms with E-state index < -0.39 is 29.7 Å². The summed E-state index contributed by atoms with van der Waals surface area (Å²) in [4.78, 5) is 38.7. The molecule has 1 unspecified atom stereocenters. The van der Waals surface area contributed by atoms with Crippen molar-refractivity contribution in [2.75, 3.05) is 6.54 Å². The van der Waals surface area contributed by atoms with Gasteiger partial charge in [-0.1, -0.05) is 37.3 Å². The number of carbonyl (C=O) groups excluding carboxylic acids is 1. The normalized spacial score (nSPS) is 21.1. The van der Waals surface area contributed by atoms with Crippen molar-refractivity contribution in [1.82, 2.24) is 14.9 Å². The summed E-state index contributed by atoms with van der Waals surface area (Å²) in [7, 11) is 0. The number of ether oxygens (including phenoxy) is 1. The number of nitrogens with zero attached hydrogens (tertiary/aromatic N) is 1. The molecule has 2 aromatic carbocycles. The number of fused-ring (bicyclic) bond motifs is 1. The second kappa shape index (κ2) is 8.25. The van der Waals surface area contributed by atoms with E-state index >= 15 is 0 Å². The quantitative estimate of drug-likeness (QED) is 0.588. The van der Waals surface area contributed by atoms with Crippen LogP contribution in [-0.2, 0) is 11.2 Å². The number of amides is 1. The van der Waals surface area contributed by atoms with Crippen molar-refractivity contribution in [3.8, 4) is 0 Å². The van der Waals surface area contributed by atoms with Crippen molar-refractivity contribution >= 4 is 16.7 Å². The monoisotopic (exact) mass is 409 g/mol. The number of rotatable bonds is 5. The molecule has 3 atom stereocenters. The van der Waals surface area contributed by atoms with Crippen LogP contribution in [0.5, 0.6) is 0 Å². The summed E-state index contributed by atoms with van der Waals surface area (Å²) in [6.07, 6.45) is -0.104. The minimum Gasteiger partial charge on any atom is -0.390 e. The summed E-state index contributed by atoms with van der Waals surface area (Å²) in [6, 6.07) is 13.2. The number of hydrogen-bond acceptors (Lipinski definition) is 5. The number of nitrogens with one attached hydrogen (secondary N) is 2. The lowest BCUT2D eigenvalue weighted by atomic mass is 10.1. The van der Waals surface area contributed by atoms with Gasteiger partial charge in [0.1, 0.15) is 12.3 Å². The molecule has 1 amide bonds. The summed E-state index contributed by atoms with van der Waals surface area (Å²) in [5.41, 5.74) is -0.0327. The maximum Gasteiger partial charge on any atom is 0.330 e. The second-order valence-electron chi connectivity index (χ2n) is 7.38. The van der Waals surface area contributed by atoms with E-state index in [1.165, 1.54) is 10.8 Å². The smallest absolute Gasteiger partial charge is 0.330 e. The number of aryl methyl sites for hydroxylation is 1. The number of aliphatic hydroxyl groups excluding tert-OH is 1. The fourth-order valence-corrected chi connectivity index (χ4v) is 3.69. The molecular weight excluding hydrogens is 386 g/mol. The molecule has 1 saturated heterocycles. The zero-order chi connectivity index (χ0) is 21.3. The molecule has 8 nitrogen and oxygen atoms in total. The maximum absolute atomic E-state index is 12.5. The first-order chi connectivity index (χ1) is 14.5. The van der Waals surface area contributed by atoms with Gasteiger partial charge in [0.15, 0.2) is 0 Å². The Morgan fingerprint density at radius 1 is 1.23 bits per heavy atom. The fourth-order valence-electron chi connectivity index (χ4n) is 3.69. The van der Waals surface area contributed by atoms with Crippen LogP contribution >= 0.6 is 0 Å². The first-order valence-electron chi connectivity index (χ1n) is 9.91. The molecule has 1 aliphatic heterocycles. The van der Waals surface area contributed by atoms with Crippen molar-refractivity contribution in [2.24, 2.45) is 0 Å². The number of H-pyrrole nitrogens is 1. The highest BCUT2D eigenvalue weighted by molar-refractivity contribution is 5.98. The Morgan fingerprint density at radius 3 is 2.77 bits per heavy atom. The van der Waals surface area contributed by atoms with E-state index in [0.29, 0.717) is 17.5 Å². The Balaban J connectivity index is 1.44. The third kappa shape index (κ3) is 3.92. The first kappa shape index (κ1) is 20.1. The Labute approximate surface area is 172 Å². The molecule has 0 radical (unpaired) electrons. The average Bonchev–Trinajstić information content (AvgIpc) is 3.12. The molecule has 1 fully saturated rings. The molecule has 1 aliphatic rings. The third-order valence-electron chi connectivity index (χ3n) is 5.41. The summed E-state index contributed by atoms with van der Waals surface area (Å²) in [5, 5.41) is 15.1. The minimum atomic E-state index is -0.851. The molecule has 3 N–H and O–H groups in total. The van der Waals surface area contributed by atoms with Crippen LogP contribution in [0.2, 0.25) is 0 Å². The number of aromatic nitrogens is 2. The van der Waals surface area contributed by atoms with E-state index in [0.717, 1.165) is 10.8 Å². The molecule has 8 heteroatoms. The van der Waals surface area contributed by atoms with E-state index in [9.17, 15) is 19.5 Å². The van der Waals surface area contributed by atoms with Gasteiger partial charge in [-0.25, -0.2) is 4.79 Å². The molecule has 3 aromatic rings. The number of aromatic amines is 1. The fraction of sp³-hybridized carbons (Fsp3) is 0.318. The van der Waals surface area contributed by atoms with Gasteiger partial charge in [-0.2, -0.15) is 0 Å². The molecule has 0 aliphatic carbocycles. The summed E-state index contributed by atoms with van der Waals surface area (Å²) in [5.74, 6) is -0.269. The summed E-state index contributed by atoms with van der Waals surface area (Å²) >= 11 is 0. The Bertz CT molecular complexity index is 1200. The van der Waals surface area contributed by atoms with Crippen LogP contribution in [-0.4, -0.2) is 39.3 Å². The van der Waals surface area contributed by atoms with Crippen LogP contribution < -0.4 is 16.6 Å². The highest BCUT2D eigenvalue weighted by atomic mass is 16.5. The van der Waals surface area contributed by atoms with Gasteiger partial charge in [0.2, 0.25) is 0 Å². The molecule has 2 heterocycles. The number of carbonyl (C=O) groups is 1. The topological polar surface area (TPSA) is 113 Å². The van der Waals surface area contributed by atoms with Gasteiger partial charge in [0, 0.05) is 30.3 Å². The molecule has 0 bridgehead atoms. The Morgan fingerprint density at radius 2 is 2.00 bits per heavy atom. The number of aliphatic hydroxyl groups is 1. The van der Waals surface area contributed by atoms with E-state index in [2.05, 4.69) is 10.3 Å². The van der Waals surface area contributed by atoms with Crippen molar-refractivity contribution in [3.05, 3.63) is 80.6 Å². The summed E-state index contributed by atoms with van der Waals surface area (Å²) in [6.45, 7) is 1.91. The van der Waals surface area contributed by atoms with Crippen molar-refractivity contribution in [1.29, 1.82) is 0 Å². The highest BCUT2D eigenvalue weighted by Crippen LogP contribution is 2.27. The zero-order valence-electron chi connectivity index (χ0n) is 16.5. The van der Waals surface area contributed by atoms with Gasteiger partial charge >= 0.3 is 5.69 Å². The maximum atomic E-state index is 12.5. The SMILES string of the molecule is CCc1cn([C@@H]2CC(O)[C@H](CNC(=O)c3ccc4ccccc4c3)O2)c(=O)[nH]c1=O. The van der Waals surface area contributed by atoms with Gasteiger partial charge in [-0.05, 0) is 29.3 Å². The highest BCUT2D eigenvalue weighted by Gasteiger charge is 2.35. The predicted octanol–water partition coefficient (Wildman–Crippen LogP) is 1.33. The number of benzene rings is 2. The van der Waals surface area contributed by atoms with Crippen LogP contribution in [0.15, 0.2) is 58.3 Å². The molecule has 0 spiro atoms. The van der Waals surface area contributed by atoms with Crippen LogP contribution in [0, 0.1) is 0 Å². The zero-order valence-corrected chi connectivity index (χ0v) is 16.5. The Hall–Kier alpha value is -3.23. The summed E-state index contributed by atoms with van der Waals surface area (Å²) < 4.78 is 7.10. The second-order valence-corrected chi connectivity index (χ2v) is 7.38. The largest absolute Gasteiger partial charge is 0.390 e. The van der Waals surface area contributed by atoms with Gasteiger partial charge in [-0.3, -0.25) is 19.1 Å². The molecule has 30 heavy (non-hydrogen) atoms. The lowest BCUT2D eigenvalue weighted by molar-refractivity contribution is -0.0187.